The monoisotopic (exact) mass is 281 g/mol. The maximum atomic E-state index is 11.9. The van der Waals surface area contributed by atoms with Gasteiger partial charge in [-0.3, -0.25) is 4.79 Å². The van der Waals surface area contributed by atoms with Gasteiger partial charge in [-0.2, -0.15) is 0 Å². The zero-order valence-corrected chi connectivity index (χ0v) is 13.0. The van der Waals surface area contributed by atoms with E-state index in [2.05, 4.69) is 29.5 Å². The van der Waals surface area contributed by atoms with Gasteiger partial charge in [0.1, 0.15) is 6.54 Å². The molecule has 1 rings (SSSR count). The van der Waals surface area contributed by atoms with Crippen LogP contribution < -0.4 is 11.1 Å². The quantitative estimate of drug-likeness (QED) is 0.758. The number of nitrogens with one attached hydrogen (secondary N) is 1. The molecule has 1 heterocycles. The molecule has 0 radical (unpaired) electrons. The lowest BCUT2D eigenvalue weighted by Gasteiger charge is -2.14. The van der Waals surface area contributed by atoms with Crippen molar-refractivity contribution in [2.45, 2.75) is 65.6 Å². The molecule has 0 spiro atoms. The van der Waals surface area contributed by atoms with Crippen molar-refractivity contribution in [2.75, 3.05) is 0 Å². The van der Waals surface area contributed by atoms with Crippen LogP contribution in [0.5, 0.6) is 0 Å². The van der Waals surface area contributed by atoms with Crippen LogP contribution in [0.3, 0.4) is 0 Å². The second-order valence-electron chi connectivity index (χ2n) is 5.92. The van der Waals surface area contributed by atoms with E-state index in [9.17, 15) is 4.79 Å². The molecule has 0 aliphatic rings. The highest BCUT2D eigenvalue weighted by atomic mass is 16.2. The van der Waals surface area contributed by atoms with Gasteiger partial charge in [0.2, 0.25) is 5.91 Å². The summed E-state index contributed by atoms with van der Waals surface area (Å²) in [5, 5.41) is 10.8. The number of nitrogens with zero attached hydrogens (tertiary/aromatic N) is 3. The third-order valence-corrected chi connectivity index (χ3v) is 3.15. The molecule has 20 heavy (non-hydrogen) atoms. The molecule has 0 aliphatic heterocycles. The molecule has 0 saturated heterocycles. The molecule has 1 aromatic rings. The van der Waals surface area contributed by atoms with Gasteiger partial charge in [-0.05, 0) is 26.2 Å². The molecular formula is C14H27N5O. The van der Waals surface area contributed by atoms with Crippen LogP contribution in [-0.2, 0) is 11.3 Å². The summed E-state index contributed by atoms with van der Waals surface area (Å²) in [6, 6.07) is 0.0273. The fourth-order valence-corrected chi connectivity index (χ4v) is 1.97. The Kier molecular flexibility index (Phi) is 6.64. The van der Waals surface area contributed by atoms with Crippen molar-refractivity contribution in [3.8, 4) is 0 Å². The highest BCUT2D eigenvalue weighted by molar-refractivity contribution is 5.75. The van der Waals surface area contributed by atoms with E-state index < -0.39 is 0 Å². The lowest BCUT2D eigenvalue weighted by Crippen LogP contribution is -2.35. The molecule has 6 nitrogen and oxygen atoms in total. The molecule has 0 bridgehead atoms. The van der Waals surface area contributed by atoms with E-state index in [-0.39, 0.29) is 24.5 Å². The van der Waals surface area contributed by atoms with Gasteiger partial charge in [-0.15, -0.1) is 5.10 Å². The van der Waals surface area contributed by atoms with Crippen molar-refractivity contribution in [2.24, 2.45) is 11.7 Å². The third-order valence-electron chi connectivity index (χ3n) is 3.15. The van der Waals surface area contributed by atoms with Crippen molar-refractivity contribution in [3.05, 3.63) is 11.9 Å². The SMILES string of the molecule is CC(C)CCCC(C)NC(=O)Cn1cc(C(C)N)nn1. The topological polar surface area (TPSA) is 85.8 Å². The summed E-state index contributed by atoms with van der Waals surface area (Å²) in [6.45, 7) is 8.49. The first-order chi connectivity index (χ1) is 9.38. The predicted molar refractivity (Wildman–Crippen MR) is 78.9 cm³/mol. The zero-order valence-electron chi connectivity index (χ0n) is 13.0. The van der Waals surface area contributed by atoms with E-state index in [1.54, 1.807) is 6.20 Å². The number of carbonyl (C=O) groups is 1. The molecule has 1 aromatic heterocycles. The Morgan fingerprint density at radius 2 is 2.05 bits per heavy atom. The van der Waals surface area contributed by atoms with E-state index >= 15 is 0 Å². The molecule has 0 fully saturated rings. The summed E-state index contributed by atoms with van der Waals surface area (Å²) in [7, 11) is 0. The van der Waals surface area contributed by atoms with Gasteiger partial charge < -0.3 is 11.1 Å². The number of aromatic nitrogens is 3. The number of amides is 1. The Labute approximate surface area is 121 Å². The fraction of sp³-hybridized carbons (Fsp3) is 0.786. The third kappa shape index (κ3) is 6.14. The van der Waals surface area contributed by atoms with Crippen molar-refractivity contribution < 1.29 is 4.79 Å². The summed E-state index contributed by atoms with van der Waals surface area (Å²) in [5.41, 5.74) is 6.40. The molecule has 2 unspecified atom stereocenters. The van der Waals surface area contributed by atoms with Gasteiger partial charge in [0.15, 0.2) is 0 Å². The van der Waals surface area contributed by atoms with E-state index in [1.165, 1.54) is 11.1 Å². The number of nitrogens with two attached hydrogens (primary N) is 1. The summed E-state index contributed by atoms with van der Waals surface area (Å²) in [6.07, 6.45) is 5.05. The van der Waals surface area contributed by atoms with Gasteiger partial charge in [0.05, 0.1) is 11.9 Å². The van der Waals surface area contributed by atoms with Crippen LogP contribution >= 0.6 is 0 Å². The molecule has 3 N–H and O–H groups in total. The van der Waals surface area contributed by atoms with E-state index in [0.29, 0.717) is 11.6 Å². The molecule has 0 aromatic carbocycles. The maximum absolute atomic E-state index is 11.9. The Hall–Kier alpha value is -1.43. The summed E-state index contributed by atoms with van der Waals surface area (Å²) in [4.78, 5) is 11.9. The molecule has 0 aliphatic carbocycles. The summed E-state index contributed by atoms with van der Waals surface area (Å²) < 4.78 is 1.52. The van der Waals surface area contributed by atoms with Crippen molar-refractivity contribution >= 4 is 5.91 Å². The lowest BCUT2D eigenvalue weighted by molar-refractivity contribution is -0.122. The van der Waals surface area contributed by atoms with Gasteiger partial charge in [-0.25, -0.2) is 4.68 Å². The second-order valence-corrected chi connectivity index (χ2v) is 5.92. The highest BCUT2D eigenvalue weighted by Crippen LogP contribution is 2.08. The number of hydrogen-bond acceptors (Lipinski definition) is 4. The first-order valence-corrected chi connectivity index (χ1v) is 7.33. The molecular weight excluding hydrogens is 254 g/mol. The lowest BCUT2D eigenvalue weighted by atomic mass is 10.0. The second kappa shape index (κ2) is 7.99. The number of hydrogen-bond donors (Lipinski definition) is 2. The van der Waals surface area contributed by atoms with Crippen LogP contribution in [0.15, 0.2) is 6.20 Å². The van der Waals surface area contributed by atoms with E-state index in [4.69, 9.17) is 5.73 Å². The predicted octanol–water partition coefficient (Wildman–Crippen LogP) is 1.63. The van der Waals surface area contributed by atoms with Gasteiger partial charge in [0.25, 0.3) is 0 Å². The van der Waals surface area contributed by atoms with E-state index in [1.807, 2.05) is 13.8 Å². The minimum absolute atomic E-state index is 0.0387. The maximum Gasteiger partial charge on any atom is 0.242 e. The summed E-state index contributed by atoms with van der Waals surface area (Å²) >= 11 is 0. The molecule has 2 atom stereocenters. The zero-order chi connectivity index (χ0) is 15.1. The van der Waals surface area contributed by atoms with Gasteiger partial charge in [0, 0.05) is 12.1 Å². The highest BCUT2D eigenvalue weighted by Gasteiger charge is 2.11. The van der Waals surface area contributed by atoms with Crippen molar-refractivity contribution in [3.63, 3.8) is 0 Å². The van der Waals surface area contributed by atoms with Crippen molar-refractivity contribution in [1.29, 1.82) is 0 Å². The van der Waals surface area contributed by atoms with Crippen molar-refractivity contribution in [1.82, 2.24) is 20.3 Å². The first kappa shape index (κ1) is 16.6. The fourth-order valence-electron chi connectivity index (χ4n) is 1.97. The number of rotatable bonds is 8. The standard InChI is InChI=1S/C14H27N5O/c1-10(2)6-5-7-11(3)16-14(20)9-19-8-13(12(4)15)17-18-19/h8,10-12H,5-7,9,15H2,1-4H3,(H,16,20). The Balaban J connectivity index is 2.31. The Morgan fingerprint density at radius 3 is 2.60 bits per heavy atom. The average molecular weight is 281 g/mol. The van der Waals surface area contributed by atoms with Crippen LogP contribution in [0, 0.1) is 5.92 Å². The molecule has 1 amide bonds. The Morgan fingerprint density at radius 1 is 1.35 bits per heavy atom. The summed E-state index contributed by atoms with van der Waals surface area (Å²) in [5.74, 6) is 0.674. The first-order valence-electron chi connectivity index (χ1n) is 7.33. The minimum atomic E-state index is -0.165. The van der Waals surface area contributed by atoms with Gasteiger partial charge in [-0.1, -0.05) is 31.9 Å². The van der Waals surface area contributed by atoms with E-state index in [0.717, 1.165) is 12.8 Å². The molecule has 6 heteroatoms. The van der Waals surface area contributed by atoms with Crippen LogP contribution in [-0.4, -0.2) is 26.9 Å². The van der Waals surface area contributed by atoms with Crippen LogP contribution in [0.25, 0.3) is 0 Å². The van der Waals surface area contributed by atoms with Crippen LogP contribution in [0.4, 0.5) is 0 Å². The minimum Gasteiger partial charge on any atom is -0.352 e. The average Bonchev–Trinajstić information content (AvgIpc) is 2.76. The molecule has 0 saturated carbocycles. The largest absolute Gasteiger partial charge is 0.352 e. The molecule has 114 valence electrons. The van der Waals surface area contributed by atoms with Crippen LogP contribution in [0.2, 0.25) is 0 Å². The van der Waals surface area contributed by atoms with Crippen LogP contribution in [0.1, 0.15) is 58.7 Å². The normalized spacial score (nSPS) is 14.3. The Bertz CT molecular complexity index is 413. The smallest absolute Gasteiger partial charge is 0.242 e. The number of carbonyl (C=O) groups excluding carboxylic acids is 1. The van der Waals surface area contributed by atoms with Gasteiger partial charge >= 0.3 is 0 Å².